The van der Waals surface area contributed by atoms with Crippen LogP contribution in [-0.2, 0) is 11.2 Å². The van der Waals surface area contributed by atoms with Gasteiger partial charge in [-0.05, 0) is 29.8 Å². The van der Waals surface area contributed by atoms with Crippen LogP contribution in [0.25, 0.3) is 11.3 Å². The Kier molecular flexibility index (Phi) is 4.65. The first kappa shape index (κ1) is 15.6. The summed E-state index contributed by atoms with van der Waals surface area (Å²) in [5.41, 5.74) is 2.10. The Morgan fingerprint density at radius 3 is 2.57 bits per heavy atom. The number of oxazole rings is 1. The van der Waals surface area contributed by atoms with Crippen molar-refractivity contribution in [2.24, 2.45) is 0 Å². The fraction of sp³-hybridized carbons (Fsp3) is 0.0588. The first-order valence-electron chi connectivity index (χ1n) is 6.85. The molecule has 1 N–H and O–H groups in total. The van der Waals surface area contributed by atoms with E-state index in [1.165, 1.54) is 6.39 Å². The molecule has 0 spiro atoms. The number of benzene rings is 2. The molecule has 0 aliphatic carbocycles. The van der Waals surface area contributed by atoms with Gasteiger partial charge in [-0.3, -0.25) is 4.79 Å². The van der Waals surface area contributed by atoms with Crippen LogP contribution in [0.5, 0.6) is 0 Å². The van der Waals surface area contributed by atoms with Crippen molar-refractivity contribution in [3.63, 3.8) is 0 Å². The molecule has 1 aromatic heterocycles. The Hall–Kier alpha value is -2.30. The molecule has 0 radical (unpaired) electrons. The predicted octanol–water partition coefficient (Wildman–Crippen LogP) is 4.83. The van der Waals surface area contributed by atoms with Gasteiger partial charge in [-0.25, -0.2) is 4.98 Å². The zero-order valence-corrected chi connectivity index (χ0v) is 13.4. The minimum absolute atomic E-state index is 0.102. The van der Waals surface area contributed by atoms with Crippen molar-refractivity contribution >= 4 is 34.8 Å². The van der Waals surface area contributed by atoms with Gasteiger partial charge >= 0.3 is 0 Å². The van der Waals surface area contributed by atoms with E-state index in [1.54, 1.807) is 30.5 Å². The minimum atomic E-state index is -0.199. The fourth-order valence-electron chi connectivity index (χ4n) is 2.18. The number of hydrogen-bond acceptors (Lipinski definition) is 3. The summed E-state index contributed by atoms with van der Waals surface area (Å²) >= 11 is 12.2. The monoisotopic (exact) mass is 346 g/mol. The SMILES string of the molecule is O=C(Cc1c(Cl)cccc1Cl)Nc1cccc(-c2cnco2)c1. The first-order chi connectivity index (χ1) is 11.1. The second kappa shape index (κ2) is 6.86. The third-order valence-electron chi connectivity index (χ3n) is 3.26. The number of carbonyl (C=O) groups excluding carboxylic acids is 1. The molecule has 3 aromatic rings. The smallest absolute Gasteiger partial charge is 0.228 e. The van der Waals surface area contributed by atoms with Gasteiger partial charge in [0.05, 0.1) is 12.6 Å². The number of anilines is 1. The van der Waals surface area contributed by atoms with Crippen molar-refractivity contribution < 1.29 is 9.21 Å². The van der Waals surface area contributed by atoms with Gasteiger partial charge in [-0.2, -0.15) is 0 Å². The number of amides is 1. The fourth-order valence-corrected chi connectivity index (χ4v) is 2.71. The molecular formula is C17H12Cl2N2O2. The molecule has 116 valence electrons. The lowest BCUT2D eigenvalue weighted by Crippen LogP contribution is -2.14. The summed E-state index contributed by atoms with van der Waals surface area (Å²) in [5.74, 6) is 0.435. The number of hydrogen-bond donors (Lipinski definition) is 1. The molecule has 3 rings (SSSR count). The van der Waals surface area contributed by atoms with Gasteiger partial charge in [0.15, 0.2) is 12.2 Å². The highest BCUT2D eigenvalue weighted by molar-refractivity contribution is 6.36. The molecule has 0 atom stereocenters. The standard InChI is InChI=1S/C17H12Cl2N2O2/c18-14-5-2-6-15(19)13(14)8-17(22)21-12-4-1-3-11(7-12)16-9-20-10-23-16/h1-7,9-10H,8H2,(H,21,22). The van der Waals surface area contributed by atoms with Crippen LogP contribution < -0.4 is 5.32 Å². The maximum atomic E-state index is 12.2. The summed E-state index contributed by atoms with van der Waals surface area (Å²) in [6, 6.07) is 12.5. The molecule has 4 nitrogen and oxygen atoms in total. The average Bonchev–Trinajstić information content (AvgIpc) is 3.06. The van der Waals surface area contributed by atoms with Crippen LogP contribution in [0.4, 0.5) is 5.69 Å². The molecule has 0 fully saturated rings. The Morgan fingerprint density at radius 1 is 1.13 bits per heavy atom. The molecule has 0 saturated carbocycles. The number of nitrogens with one attached hydrogen (secondary N) is 1. The van der Waals surface area contributed by atoms with Crippen molar-refractivity contribution in [2.75, 3.05) is 5.32 Å². The van der Waals surface area contributed by atoms with E-state index in [2.05, 4.69) is 10.3 Å². The molecule has 0 bridgehead atoms. The van der Waals surface area contributed by atoms with Crippen LogP contribution in [0, 0.1) is 0 Å². The van der Waals surface area contributed by atoms with Gasteiger partial charge in [0.2, 0.25) is 5.91 Å². The number of aromatic nitrogens is 1. The zero-order chi connectivity index (χ0) is 16.2. The summed E-state index contributed by atoms with van der Waals surface area (Å²) < 4.78 is 5.25. The van der Waals surface area contributed by atoms with Gasteiger partial charge in [0.25, 0.3) is 0 Å². The highest BCUT2D eigenvalue weighted by atomic mass is 35.5. The van der Waals surface area contributed by atoms with Crippen LogP contribution in [0.1, 0.15) is 5.56 Å². The van der Waals surface area contributed by atoms with Crippen molar-refractivity contribution in [3.8, 4) is 11.3 Å². The molecule has 1 heterocycles. The van der Waals surface area contributed by atoms with Crippen LogP contribution in [0.2, 0.25) is 10.0 Å². The van der Waals surface area contributed by atoms with Crippen molar-refractivity contribution in [2.45, 2.75) is 6.42 Å². The highest BCUT2D eigenvalue weighted by Crippen LogP contribution is 2.26. The maximum Gasteiger partial charge on any atom is 0.228 e. The van der Waals surface area contributed by atoms with E-state index >= 15 is 0 Å². The van der Waals surface area contributed by atoms with Gasteiger partial charge in [0, 0.05) is 21.3 Å². The Bertz CT molecular complexity index is 812. The van der Waals surface area contributed by atoms with E-state index in [-0.39, 0.29) is 12.3 Å². The largest absolute Gasteiger partial charge is 0.444 e. The van der Waals surface area contributed by atoms with Gasteiger partial charge in [-0.1, -0.05) is 41.4 Å². The van der Waals surface area contributed by atoms with Crippen molar-refractivity contribution in [3.05, 3.63) is 70.7 Å². The van der Waals surface area contributed by atoms with Crippen LogP contribution in [0.3, 0.4) is 0 Å². The highest BCUT2D eigenvalue weighted by Gasteiger charge is 2.11. The van der Waals surface area contributed by atoms with Crippen LogP contribution in [-0.4, -0.2) is 10.9 Å². The van der Waals surface area contributed by atoms with E-state index in [9.17, 15) is 4.79 Å². The molecular weight excluding hydrogens is 335 g/mol. The van der Waals surface area contributed by atoms with Gasteiger partial charge < -0.3 is 9.73 Å². The lowest BCUT2D eigenvalue weighted by Gasteiger charge is -2.09. The second-order valence-electron chi connectivity index (χ2n) is 4.87. The molecule has 0 unspecified atom stereocenters. The molecule has 0 aliphatic heterocycles. The maximum absolute atomic E-state index is 12.2. The Labute approximate surface area is 143 Å². The average molecular weight is 347 g/mol. The predicted molar refractivity (Wildman–Crippen MR) is 90.7 cm³/mol. The van der Waals surface area contributed by atoms with E-state index in [1.807, 2.05) is 18.2 Å². The summed E-state index contributed by atoms with van der Waals surface area (Å²) in [4.78, 5) is 16.1. The molecule has 0 aliphatic rings. The third kappa shape index (κ3) is 3.73. The first-order valence-corrected chi connectivity index (χ1v) is 7.61. The molecule has 6 heteroatoms. The van der Waals surface area contributed by atoms with E-state index in [0.717, 1.165) is 5.56 Å². The van der Waals surface area contributed by atoms with Gasteiger partial charge in [0.1, 0.15) is 0 Å². The molecule has 2 aromatic carbocycles. The number of rotatable bonds is 4. The van der Waals surface area contributed by atoms with E-state index in [0.29, 0.717) is 27.1 Å². The third-order valence-corrected chi connectivity index (χ3v) is 3.97. The summed E-state index contributed by atoms with van der Waals surface area (Å²) in [5, 5.41) is 3.78. The topological polar surface area (TPSA) is 55.1 Å². The lowest BCUT2D eigenvalue weighted by molar-refractivity contribution is -0.115. The lowest BCUT2D eigenvalue weighted by atomic mass is 10.1. The summed E-state index contributed by atoms with van der Waals surface area (Å²) in [6.45, 7) is 0. The molecule has 0 saturated heterocycles. The number of carbonyl (C=O) groups is 1. The summed E-state index contributed by atoms with van der Waals surface area (Å²) in [7, 11) is 0. The Balaban J connectivity index is 1.75. The Morgan fingerprint density at radius 2 is 1.87 bits per heavy atom. The normalized spacial score (nSPS) is 10.5. The van der Waals surface area contributed by atoms with Gasteiger partial charge in [-0.15, -0.1) is 0 Å². The minimum Gasteiger partial charge on any atom is -0.444 e. The zero-order valence-electron chi connectivity index (χ0n) is 11.9. The van der Waals surface area contributed by atoms with Crippen LogP contribution >= 0.6 is 23.2 Å². The number of halogens is 2. The van der Waals surface area contributed by atoms with E-state index < -0.39 is 0 Å². The van der Waals surface area contributed by atoms with Crippen molar-refractivity contribution in [1.82, 2.24) is 4.98 Å². The second-order valence-corrected chi connectivity index (χ2v) is 5.69. The molecule has 23 heavy (non-hydrogen) atoms. The van der Waals surface area contributed by atoms with Crippen LogP contribution in [0.15, 0.2) is 59.5 Å². The van der Waals surface area contributed by atoms with Crippen molar-refractivity contribution in [1.29, 1.82) is 0 Å². The molecule has 1 amide bonds. The number of nitrogens with zero attached hydrogens (tertiary/aromatic N) is 1. The quantitative estimate of drug-likeness (QED) is 0.735. The van der Waals surface area contributed by atoms with E-state index in [4.69, 9.17) is 27.6 Å². The summed E-state index contributed by atoms with van der Waals surface area (Å²) in [6.07, 6.45) is 3.08.